The van der Waals surface area contributed by atoms with E-state index in [2.05, 4.69) is 4.98 Å². The highest BCUT2D eigenvalue weighted by atomic mass is 32.1. The number of hydrogen-bond donors (Lipinski definition) is 0. The molecule has 3 rings (SSSR count). The predicted molar refractivity (Wildman–Crippen MR) is 64.8 cm³/mol. The zero-order valence-electron chi connectivity index (χ0n) is 9.67. The van der Waals surface area contributed by atoms with E-state index in [9.17, 15) is 4.79 Å². The average molecular weight is 252 g/mol. The van der Waals surface area contributed by atoms with Gasteiger partial charge in [0.15, 0.2) is 0 Å². The molecule has 0 aromatic carbocycles. The number of nitrogens with zero attached hydrogens (tertiary/aromatic N) is 2. The van der Waals surface area contributed by atoms with Gasteiger partial charge in [-0.25, -0.2) is 4.98 Å². The third kappa shape index (κ3) is 2.09. The average Bonchev–Trinajstić information content (AvgIpc) is 2.80. The fraction of sp³-hybridized carbons (Fsp3) is 0.667. The Labute approximate surface area is 105 Å². The van der Waals surface area contributed by atoms with E-state index < -0.39 is 0 Å². The second kappa shape index (κ2) is 4.74. The standard InChI is InChI=1S/C12H16N2O2S/c15-12(10-4-7-16-10)14-6-2-1-3-9(14)11-13-5-8-17-11/h5,8-10H,1-4,6-7H2/t9-,10+/m0/s1. The zero-order chi connectivity index (χ0) is 11.7. The lowest BCUT2D eigenvalue weighted by molar-refractivity contribution is -0.160. The lowest BCUT2D eigenvalue weighted by Crippen LogP contribution is -2.48. The summed E-state index contributed by atoms with van der Waals surface area (Å²) in [5.41, 5.74) is 0. The van der Waals surface area contributed by atoms with Gasteiger partial charge in [0.1, 0.15) is 11.1 Å². The summed E-state index contributed by atoms with van der Waals surface area (Å²) in [5.74, 6) is 0.163. The van der Waals surface area contributed by atoms with Crippen molar-refractivity contribution >= 4 is 17.2 Å². The van der Waals surface area contributed by atoms with E-state index in [1.165, 1.54) is 6.42 Å². The number of hydrogen-bond acceptors (Lipinski definition) is 4. The minimum Gasteiger partial charge on any atom is -0.368 e. The summed E-state index contributed by atoms with van der Waals surface area (Å²) in [6.07, 6.45) is 5.82. The van der Waals surface area contributed by atoms with Crippen molar-refractivity contribution in [2.75, 3.05) is 13.2 Å². The number of carbonyl (C=O) groups is 1. The van der Waals surface area contributed by atoms with E-state index in [0.29, 0.717) is 0 Å². The van der Waals surface area contributed by atoms with Crippen LogP contribution in [0.15, 0.2) is 11.6 Å². The van der Waals surface area contributed by atoms with E-state index >= 15 is 0 Å². The molecule has 0 N–H and O–H groups in total. The molecule has 1 aromatic rings. The Hall–Kier alpha value is -0.940. The molecular weight excluding hydrogens is 236 g/mol. The molecule has 92 valence electrons. The number of thiazole rings is 1. The first kappa shape index (κ1) is 11.2. The molecule has 17 heavy (non-hydrogen) atoms. The molecular formula is C12H16N2O2S. The molecule has 2 saturated heterocycles. The monoisotopic (exact) mass is 252 g/mol. The van der Waals surface area contributed by atoms with Gasteiger partial charge in [0.25, 0.3) is 5.91 Å². The van der Waals surface area contributed by atoms with Crippen molar-refractivity contribution in [3.05, 3.63) is 16.6 Å². The predicted octanol–water partition coefficient (Wildman–Crippen LogP) is 1.99. The van der Waals surface area contributed by atoms with Crippen LogP contribution in [-0.4, -0.2) is 35.0 Å². The molecule has 3 heterocycles. The molecule has 0 bridgehead atoms. The first-order valence-electron chi connectivity index (χ1n) is 6.18. The van der Waals surface area contributed by atoms with Crippen LogP contribution in [0.2, 0.25) is 0 Å². The SMILES string of the molecule is O=C([C@H]1CCO1)N1CCCC[C@H]1c1nccs1. The van der Waals surface area contributed by atoms with E-state index in [-0.39, 0.29) is 18.1 Å². The van der Waals surface area contributed by atoms with Gasteiger partial charge in [-0.05, 0) is 19.3 Å². The maximum atomic E-state index is 12.3. The van der Waals surface area contributed by atoms with Gasteiger partial charge in [-0.15, -0.1) is 11.3 Å². The van der Waals surface area contributed by atoms with Gasteiger partial charge in [0.2, 0.25) is 0 Å². The van der Waals surface area contributed by atoms with Crippen molar-refractivity contribution in [1.29, 1.82) is 0 Å². The van der Waals surface area contributed by atoms with Crippen molar-refractivity contribution in [3.63, 3.8) is 0 Å². The number of ether oxygens (including phenoxy) is 1. The van der Waals surface area contributed by atoms with Crippen molar-refractivity contribution in [1.82, 2.24) is 9.88 Å². The van der Waals surface area contributed by atoms with Gasteiger partial charge in [-0.2, -0.15) is 0 Å². The first-order valence-corrected chi connectivity index (χ1v) is 7.06. The van der Waals surface area contributed by atoms with Crippen LogP contribution in [0.5, 0.6) is 0 Å². The number of rotatable bonds is 2. The summed E-state index contributed by atoms with van der Waals surface area (Å²) in [6.45, 7) is 1.58. The van der Waals surface area contributed by atoms with Crippen molar-refractivity contribution in [2.45, 2.75) is 37.8 Å². The number of aromatic nitrogens is 1. The van der Waals surface area contributed by atoms with Crippen LogP contribution in [0.3, 0.4) is 0 Å². The van der Waals surface area contributed by atoms with Crippen molar-refractivity contribution in [3.8, 4) is 0 Å². The van der Waals surface area contributed by atoms with E-state index in [1.54, 1.807) is 11.3 Å². The van der Waals surface area contributed by atoms with Gasteiger partial charge in [0.05, 0.1) is 12.6 Å². The van der Waals surface area contributed by atoms with E-state index in [1.807, 2.05) is 16.5 Å². The van der Waals surface area contributed by atoms with Crippen LogP contribution in [0.1, 0.15) is 36.7 Å². The molecule has 0 aliphatic carbocycles. The summed E-state index contributed by atoms with van der Waals surface area (Å²) in [6, 6.07) is 0.181. The summed E-state index contributed by atoms with van der Waals surface area (Å²) in [5, 5.41) is 3.05. The van der Waals surface area contributed by atoms with Crippen LogP contribution in [0.25, 0.3) is 0 Å². The van der Waals surface area contributed by atoms with Crippen LogP contribution in [-0.2, 0) is 9.53 Å². The van der Waals surface area contributed by atoms with Gasteiger partial charge in [0, 0.05) is 24.5 Å². The highest BCUT2D eigenvalue weighted by molar-refractivity contribution is 7.09. The third-order valence-electron chi connectivity index (χ3n) is 3.50. The maximum absolute atomic E-state index is 12.3. The fourth-order valence-corrected chi connectivity index (χ4v) is 3.25. The molecule has 0 radical (unpaired) electrons. The second-order valence-corrected chi connectivity index (χ2v) is 5.49. The number of likely N-dealkylation sites (tertiary alicyclic amines) is 1. The van der Waals surface area contributed by atoms with Crippen molar-refractivity contribution < 1.29 is 9.53 Å². The normalized spacial score (nSPS) is 28.8. The molecule has 0 saturated carbocycles. The lowest BCUT2D eigenvalue weighted by atomic mass is 10.0. The molecule has 2 atom stereocenters. The molecule has 2 fully saturated rings. The number of amides is 1. The lowest BCUT2D eigenvalue weighted by Gasteiger charge is -2.38. The Balaban J connectivity index is 1.77. The minimum atomic E-state index is -0.185. The third-order valence-corrected chi connectivity index (χ3v) is 4.37. The summed E-state index contributed by atoms with van der Waals surface area (Å²) < 4.78 is 5.30. The molecule has 5 heteroatoms. The molecule has 1 amide bonds. The molecule has 2 aliphatic heterocycles. The number of carbonyl (C=O) groups excluding carboxylic acids is 1. The van der Waals surface area contributed by atoms with Crippen LogP contribution in [0.4, 0.5) is 0 Å². The van der Waals surface area contributed by atoms with E-state index in [0.717, 1.165) is 37.4 Å². The minimum absolute atomic E-state index is 0.163. The largest absolute Gasteiger partial charge is 0.368 e. The smallest absolute Gasteiger partial charge is 0.252 e. The molecule has 2 aliphatic rings. The summed E-state index contributed by atoms with van der Waals surface area (Å²) in [4.78, 5) is 18.6. The van der Waals surface area contributed by atoms with Crippen LogP contribution >= 0.6 is 11.3 Å². The second-order valence-electron chi connectivity index (χ2n) is 4.56. The maximum Gasteiger partial charge on any atom is 0.252 e. The Morgan fingerprint density at radius 1 is 1.47 bits per heavy atom. The Morgan fingerprint density at radius 2 is 2.35 bits per heavy atom. The van der Waals surface area contributed by atoms with Gasteiger partial charge >= 0.3 is 0 Å². The topological polar surface area (TPSA) is 42.4 Å². The quantitative estimate of drug-likeness (QED) is 0.808. The zero-order valence-corrected chi connectivity index (χ0v) is 10.5. The van der Waals surface area contributed by atoms with Gasteiger partial charge in [-0.3, -0.25) is 4.79 Å². The summed E-state index contributed by atoms with van der Waals surface area (Å²) >= 11 is 1.64. The summed E-state index contributed by atoms with van der Waals surface area (Å²) in [7, 11) is 0. The van der Waals surface area contributed by atoms with Crippen LogP contribution in [0, 0.1) is 0 Å². The van der Waals surface area contributed by atoms with E-state index in [4.69, 9.17) is 4.74 Å². The molecule has 0 unspecified atom stereocenters. The fourth-order valence-electron chi connectivity index (χ4n) is 2.47. The highest BCUT2D eigenvalue weighted by Crippen LogP contribution is 2.33. The Kier molecular flexibility index (Phi) is 3.11. The number of piperidine rings is 1. The molecule has 1 aromatic heterocycles. The van der Waals surface area contributed by atoms with Crippen molar-refractivity contribution in [2.24, 2.45) is 0 Å². The van der Waals surface area contributed by atoms with Gasteiger partial charge < -0.3 is 9.64 Å². The Bertz CT molecular complexity index is 389. The molecule has 4 nitrogen and oxygen atoms in total. The molecule has 0 spiro atoms. The van der Waals surface area contributed by atoms with Gasteiger partial charge in [-0.1, -0.05) is 0 Å². The first-order chi connectivity index (χ1) is 8.36. The van der Waals surface area contributed by atoms with Crippen LogP contribution < -0.4 is 0 Å². The Morgan fingerprint density at radius 3 is 3.00 bits per heavy atom. The highest BCUT2D eigenvalue weighted by Gasteiger charge is 2.36.